The average molecular weight is 292 g/mol. The van der Waals surface area contributed by atoms with Crippen LogP contribution in [-0.2, 0) is 20.9 Å². The number of aromatic nitrogens is 1. The molecule has 2 rings (SSSR count). The molecule has 0 N–H and O–H groups in total. The number of carbonyl (C=O) groups excluding carboxylic acids is 2. The lowest BCUT2D eigenvalue weighted by molar-refractivity contribution is -0.141. The van der Waals surface area contributed by atoms with Crippen LogP contribution in [0.15, 0.2) is 33.5 Å². The molecule has 1 aromatic carbocycles. The third-order valence-corrected chi connectivity index (χ3v) is 3.17. The van der Waals surface area contributed by atoms with Crippen molar-refractivity contribution in [1.82, 2.24) is 9.47 Å². The molecule has 1 heterocycles. The van der Waals surface area contributed by atoms with E-state index in [-0.39, 0.29) is 31.4 Å². The van der Waals surface area contributed by atoms with Gasteiger partial charge >= 0.3 is 11.7 Å². The Labute approximate surface area is 120 Å². The van der Waals surface area contributed by atoms with E-state index in [1.54, 1.807) is 31.3 Å². The number of benzene rings is 1. The summed E-state index contributed by atoms with van der Waals surface area (Å²) in [6.45, 7) is 0.101. The van der Waals surface area contributed by atoms with Crippen molar-refractivity contribution >= 4 is 23.0 Å². The van der Waals surface area contributed by atoms with E-state index in [1.807, 2.05) is 0 Å². The van der Waals surface area contributed by atoms with Crippen molar-refractivity contribution in [3.63, 3.8) is 0 Å². The molecule has 0 atom stereocenters. The topological polar surface area (TPSA) is 81.8 Å². The van der Waals surface area contributed by atoms with Gasteiger partial charge in [0.15, 0.2) is 5.58 Å². The number of nitrogens with zero attached hydrogens (tertiary/aromatic N) is 2. The van der Waals surface area contributed by atoms with Gasteiger partial charge in [0.25, 0.3) is 0 Å². The van der Waals surface area contributed by atoms with Crippen LogP contribution in [0.5, 0.6) is 0 Å². The van der Waals surface area contributed by atoms with Crippen molar-refractivity contribution in [3.05, 3.63) is 34.8 Å². The van der Waals surface area contributed by atoms with E-state index in [4.69, 9.17) is 4.42 Å². The van der Waals surface area contributed by atoms with Crippen LogP contribution in [0.4, 0.5) is 0 Å². The zero-order valence-electron chi connectivity index (χ0n) is 11.9. The first-order valence-electron chi connectivity index (χ1n) is 6.42. The number of rotatable bonds is 5. The normalized spacial score (nSPS) is 10.6. The van der Waals surface area contributed by atoms with Gasteiger partial charge in [0.2, 0.25) is 5.91 Å². The highest BCUT2D eigenvalue weighted by atomic mass is 16.5. The fourth-order valence-electron chi connectivity index (χ4n) is 1.91. The smallest absolute Gasteiger partial charge is 0.420 e. The highest BCUT2D eigenvalue weighted by Gasteiger charge is 2.16. The summed E-state index contributed by atoms with van der Waals surface area (Å²) in [6, 6.07) is 6.89. The lowest BCUT2D eigenvalue weighted by Crippen LogP contribution is -2.34. The highest BCUT2D eigenvalue weighted by Crippen LogP contribution is 2.11. The first-order chi connectivity index (χ1) is 10.0. The molecule has 0 radical (unpaired) electrons. The molecule has 0 unspecified atom stereocenters. The summed E-state index contributed by atoms with van der Waals surface area (Å²) in [7, 11) is 2.86. The SMILES string of the molecule is COC(=O)CCN(C)C(=O)Cn1c(=O)oc2ccccc21. The standard InChI is InChI=1S/C14H16N2O5/c1-15(8-7-13(18)20-2)12(17)9-16-10-5-3-4-6-11(10)21-14(16)19/h3-6H,7-9H2,1-2H3. The van der Waals surface area contributed by atoms with Crippen molar-refractivity contribution in [3.8, 4) is 0 Å². The number of fused-ring (bicyclic) bond motifs is 1. The number of likely N-dealkylation sites (N-methyl/N-ethyl adjacent to an activating group) is 1. The summed E-state index contributed by atoms with van der Waals surface area (Å²) in [5.41, 5.74) is 1.00. The third-order valence-electron chi connectivity index (χ3n) is 3.17. The van der Waals surface area contributed by atoms with E-state index in [0.29, 0.717) is 11.1 Å². The molecule has 0 saturated carbocycles. The third kappa shape index (κ3) is 3.31. The van der Waals surface area contributed by atoms with E-state index in [9.17, 15) is 14.4 Å². The molecule has 112 valence electrons. The first-order valence-corrected chi connectivity index (χ1v) is 6.42. The second kappa shape index (κ2) is 6.25. The van der Waals surface area contributed by atoms with Crippen LogP contribution in [0.2, 0.25) is 0 Å². The zero-order chi connectivity index (χ0) is 15.4. The molecule has 0 saturated heterocycles. The predicted octanol–water partition coefficient (Wildman–Crippen LogP) is 0.616. The van der Waals surface area contributed by atoms with Crippen LogP contribution >= 0.6 is 0 Å². The Morgan fingerprint density at radius 3 is 2.76 bits per heavy atom. The van der Waals surface area contributed by atoms with Gasteiger partial charge in [-0.25, -0.2) is 4.79 Å². The summed E-state index contributed by atoms with van der Waals surface area (Å²) in [5, 5.41) is 0. The minimum atomic E-state index is -0.578. The zero-order valence-corrected chi connectivity index (χ0v) is 11.9. The quantitative estimate of drug-likeness (QED) is 0.754. The van der Waals surface area contributed by atoms with Crippen molar-refractivity contribution in [2.75, 3.05) is 20.7 Å². The summed E-state index contributed by atoms with van der Waals surface area (Å²) < 4.78 is 10.8. The Balaban J connectivity index is 2.09. The van der Waals surface area contributed by atoms with Gasteiger partial charge in [0.1, 0.15) is 6.54 Å². The Hall–Kier alpha value is -2.57. The van der Waals surface area contributed by atoms with Crippen molar-refractivity contribution in [2.24, 2.45) is 0 Å². The fraction of sp³-hybridized carbons (Fsp3) is 0.357. The van der Waals surface area contributed by atoms with Gasteiger partial charge in [0, 0.05) is 13.6 Å². The van der Waals surface area contributed by atoms with Gasteiger partial charge in [-0.05, 0) is 12.1 Å². The maximum atomic E-state index is 12.1. The predicted molar refractivity (Wildman–Crippen MR) is 74.7 cm³/mol. The van der Waals surface area contributed by atoms with Crippen LogP contribution in [0, 0.1) is 0 Å². The Kier molecular flexibility index (Phi) is 4.42. The molecule has 0 aliphatic heterocycles. The van der Waals surface area contributed by atoms with E-state index in [0.717, 1.165) is 0 Å². The second-order valence-electron chi connectivity index (χ2n) is 4.56. The van der Waals surface area contributed by atoms with Gasteiger partial charge < -0.3 is 14.1 Å². The molecular formula is C14H16N2O5. The molecule has 7 nitrogen and oxygen atoms in total. The molecule has 1 aromatic heterocycles. The summed E-state index contributed by atoms with van der Waals surface area (Å²) in [4.78, 5) is 36.3. The number of amides is 1. The van der Waals surface area contributed by atoms with Crippen molar-refractivity contribution in [2.45, 2.75) is 13.0 Å². The number of carbonyl (C=O) groups is 2. The van der Waals surface area contributed by atoms with Gasteiger partial charge in [-0.1, -0.05) is 12.1 Å². The second-order valence-corrected chi connectivity index (χ2v) is 4.56. The van der Waals surface area contributed by atoms with Crippen molar-refractivity contribution in [1.29, 1.82) is 0 Å². The van der Waals surface area contributed by atoms with Crippen LogP contribution < -0.4 is 5.76 Å². The molecule has 0 aliphatic carbocycles. The van der Waals surface area contributed by atoms with Gasteiger partial charge in [0.05, 0.1) is 19.0 Å². The molecule has 7 heteroatoms. The van der Waals surface area contributed by atoms with Gasteiger partial charge in [-0.15, -0.1) is 0 Å². The number of hydrogen-bond acceptors (Lipinski definition) is 5. The van der Waals surface area contributed by atoms with E-state index in [1.165, 1.54) is 16.6 Å². The average Bonchev–Trinajstić information content (AvgIpc) is 2.80. The highest BCUT2D eigenvalue weighted by molar-refractivity contribution is 5.80. The molecule has 21 heavy (non-hydrogen) atoms. The van der Waals surface area contributed by atoms with Crippen LogP contribution in [0.3, 0.4) is 0 Å². The van der Waals surface area contributed by atoms with E-state index in [2.05, 4.69) is 4.74 Å². The molecular weight excluding hydrogens is 276 g/mol. The Morgan fingerprint density at radius 2 is 2.05 bits per heavy atom. The minimum Gasteiger partial charge on any atom is -0.469 e. The number of esters is 1. The molecule has 2 aromatic rings. The lowest BCUT2D eigenvalue weighted by Gasteiger charge is -2.16. The molecule has 0 spiro atoms. The van der Waals surface area contributed by atoms with Gasteiger partial charge in [-0.2, -0.15) is 0 Å². The van der Waals surface area contributed by atoms with Crippen LogP contribution in [0.1, 0.15) is 6.42 Å². The number of ether oxygens (including phenoxy) is 1. The maximum Gasteiger partial charge on any atom is 0.420 e. The molecule has 0 aliphatic rings. The molecule has 0 fully saturated rings. The number of hydrogen-bond donors (Lipinski definition) is 0. The molecule has 1 amide bonds. The van der Waals surface area contributed by atoms with Crippen LogP contribution in [-0.4, -0.2) is 42.0 Å². The maximum absolute atomic E-state index is 12.1. The number of methoxy groups -OCH3 is 1. The monoisotopic (exact) mass is 292 g/mol. The summed E-state index contributed by atoms with van der Waals surface area (Å²) in [5.74, 6) is -1.25. The van der Waals surface area contributed by atoms with E-state index >= 15 is 0 Å². The van der Waals surface area contributed by atoms with Crippen LogP contribution in [0.25, 0.3) is 11.1 Å². The van der Waals surface area contributed by atoms with Gasteiger partial charge in [-0.3, -0.25) is 14.2 Å². The summed E-state index contributed by atoms with van der Waals surface area (Å²) >= 11 is 0. The fourth-order valence-corrected chi connectivity index (χ4v) is 1.91. The lowest BCUT2D eigenvalue weighted by atomic mass is 10.3. The summed E-state index contributed by atoms with van der Waals surface area (Å²) in [6.07, 6.45) is 0.111. The minimum absolute atomic E-state index is 0.111. The van der Waals surface area contributed by atoms with Crippen molar-refractivity contribution < 1.29 is 18.7 Å². The molecule has 0 bridgehead atoms. The number of oxazole rings is 1. The Bertz CT molecular complexity index is 715. The number of para-hydroxylation sites is 2. The largest absolute Gasteiger partial charge is 0.469 e. The Morgan fingerprint density at radius 1 is 1.33 bits per heavy atom. The van der Waals surface area contributed by atoms with E-state index < -0.39 is 5.76 Å². The first kappa shape index (κ1) is 14.8.